The zero-order valence-electron chi connectivity index (χ0n) is 9.95. The van der Waals surface area contributed by atoms with E-state index in [0.717, 1.165) is 12.8 Å². The van der Waals surface area contributed by atoms with Gasteiger partial charge in [0.1, 0.15) is 0 Å². The lowest BCUT2D eigenvalue weighted by Gasteiger charge is -2.27. The van der Waals surface area contributed by atoms with Crippen LogP contribution in [0.2, 0.25) is 0 Å². The summed E-state index contributed by atoms with van der Waals surface area (Å²) >= 11 is 0. The third-order valence-electron chi connectivity index (χ3n) is 2.76. The van der Waals surface area contributed by atoms with Gasteiger partial charge < -0.3 is 16.4 Å². The number of guanidine groups is 2. The van der Waals surface area contributed by atoms with Gasteiger partial charge in [-0.05, 0) is 12.8 Å². The summed E-state index contributed by atoms with van der Waals surface area (Å²) in [6.07, 6.45) is 2.11. The first-order chi connectivity index (χ1) is 7.96. The molecule has 18 heavy (non-hydrogen) atoms. The molecule has 0 unspecified atom stereocenters. The number of hydrogen-bond acceptors (Lipinski definition) is 3. The van der Waals surface area contributed by atoms with Gasteiger partial charge in [-0.2, -0.15) is 4.99 Å². The first-order valence-corrected chi connectivity index (χ1v) is 7.41. The maximum atomic E-state index is 11.2. The van der Waals surface area contributed by atoms with Crippen LogP contribution in [0.25, 0.3) is 0 Å². The molecule has 104 valence electrons. The summed E-state index contributed by atoms with van der Waals surface area (Å²) in [6.45, 7) is 0.739. The van der Waals surface area contributed by atoms with E-state index in [0.29, 0.717) is 19.1 Å². The Morgan fingerprint density at radius 2 is 1.72 bits per heavy atom. The molecule has 2 fully saturated rings. The van der Waals surface area contributed by atoms with Gasteiger partial charge in [0.25, 0.3) is 0 Å². The average molecular weight is 296 g/mol. The lowest BCUT2D eigenvalue weighted by atomic mass is 10.5. The quantitative estimate of drug-likeness (QED) is 0.472. The van der Waals surface area contributed by atoms with E-state index in [2.05, 4.69) is 9.98 Å². The van der Waals surface area contributed by atoms with E-state index in [1.165, 1.54) is 0 Å². The lowest BCUT2D eigenvalue weighted by molar-refractivity contribution is 0.439. The molecule has 1 saturated carbocycles. The van der Waals surface area contributed by atoms with Crippen LogP contribution in [-0.2, 0) is 9.84 Å². The highest BCUT2D eigenvalue weighted by Crippen LogP contribution is 2.23. The Morgan fingerprint density at radius 1 is 1.17 bits per heavy atom. The molecule has 0 amide bonds. The highest BCUT2D eigenvalue weighted by molar-refractivity contribution is 7.91. The van der Waals surface area contributed by atoms with Crippen molar-refractivity contribution in [2.75, 3.05) is 24.6 Å². The Kier molecular flexibility index (Phi) is 4.80. The second-order valence-electron chi connectivity index (χ2n) is 4.33. The predicted molar refractivity (Wildman–Crippen MR) is 73.7 cm³/mol. The van der Waals surface area contributed by atoms with Crippen LogP contribution in [0.15, 0.2) is 9.98 Å². The standard InChI is InChI=1S/C9H17N5O2S.ClH/c10-8(12-7-1-2-7)13-9(11)14-3-5-17(15,16)6-4-14;/h7H,1-6H2,(H4,10,11,12,13);1H. The minimum absolute atomic E-state index is 0. The molecule has 4 N–H and O–H groups in total. The van der Waals surface area contributed by atoms with Gasteiger partial charge >= 0.3 is 0 Å². The van der Waals surface area contributed by atoms with E-state index in [-0.39, 0.29) is 35.8 Å². The smallest absolute Gasteiger partial charge is 0.218 e. The highest BCUT2D eigenvalue weighted by Gasteiger charge is 2.23. The number of nitrogens with zero attached hydrogens (tertiary/aromatic N) is 3. The van der Waals surface area contributed by atoms with Crippen LogP contribution < -0.4 is 11.5 Å². The highest BCUT2D eigenvalue weighted by atomic mass is 35.5. The van der Waals surface area contributed by atoms with Gasteiger partial charge in [0.05, 0.1) is 17.5 Å². The van der Waals surface area contributed by atoms with Gasteiger partial charge in [-0.25, -0.2) is 13.4 Å². The van der Waals surface area contributed by atoms with Crippen LogP contribution in [0.5, 0.6) is 0 Å². The van der Waals surface area contributed by atoms with Crippen LogP contribution in [0.4, 0.5) is 0 Å². The minimum atomic E-state index is -2.90. The number of sulfone groups is 1. The summed E-state index contributed by atoms with van der Waals surface area (Å²) < 4.78 is 22.5. The maximum Gasteiger partial charge on any atom is 0.218 e. The van der Waals surface area contributed by atoms with E-state index in [1.54, 1.807) is 4.90 Å². The van der Waals surface area contributed by atoms with Crippen molar-refractivity contribution >= 4 is 34.2 Å². The Hall–Kier alpha value is -1.02. The third-order valence-corrected chi connectivity index (χ3v) is 4.37. The van der Waals surface area contributed by atoms with Crippen LogP contribution in [0.3, 0.4) is 0 Å². The van der Waals surface area contributed by atoms with Crippen molar-refractivity contribution in [2.24, 2.45) is 21.5 Å². The molecule has 0 aromatic rings. The molecular formula is C9H18ClN5O2S. The largest absolute Gasteiger partial charge is 0.369 e. The fraction of sp³-hybridized carbons (Fsp3) is 0.778. The SMILES string of the molecule is Cl.NC(=NC1CC1)/N=C(\N)N1CCS(=O)(=O)CC1. The fourth-order valence-corrected chi connectivity index (χ4v) is 2.75. The lowest BCUT2D eigenvalue weighted by Crippen LogP contribution is -2.47. The van der Waals surface area contributed by atoms with Crippen molar-refractivity contribution in [2.45, 2.75) is 18.9 Å². The Morgan fingerprint density at radius 3 is 2.22 bits per heavy atom. The van der Waals surface area contributed by atoms with Gasteiger partial charge in [0.15, 0.2) is 15.8 Å². The molecule has 0 spiro atoms. The van der Waals surface area contributed by atoms with E-state index in [9.17, 15) is 8.42 Å². The monoisotopic (exact) mass is 295 g/mol. The molecular weight excluding hydrogens is 278 g/mol. The van der Waals surface area contributed by atoms with Gasteiger partial charge in [0, 0.05) is 13.1 Å². The van der Waals surface area contributed by atoms with Crippen molar-refractivity contribution in [3.63, 3.8) is 0 Å². The number of hydrogen-bond donors (Lipinski definition) is 2. The summed E-state index contributed by atoms with van der Waals surface area (Å²) in [5.74, 6) is 0.659. The molecule has 1 heterocycles. The predicted octanol–water partition coefficient (Wildman–Crippen LogP) is -1.07. The molecule has 9 heteroatoms. The van der Waals surface area contributed by atoms with Gasteiger partial charge in [-0.15, -0.1) is 12.4 Å². The number of nitrogens with two attached hydrogens (primary N) is 2. The van der Waals surface area contributed by atoms with Crippen molar-refractivity contribution < 1.29 is 8.42 Å². The molecule has 1 aliphatic carbocycles. The molecule has 2 aliphatic rings. The Bertz CT molecular complexity index is 444. The summed E-state index contributed by atoms with van der Waals surface area (Å²) in [4.78, 5) is 9.83. The number of rotatable bonds is 1. The summed E-state index contributed by atoms with van der Waals surface area (Å²) in [6, 6.07) is 0.299. The van der Waals surface area contributed by atoms with Crippen LogP contribution in [0, 0.1) is 0 Å². The summed E-state index contributed by atoms with van der Waals surface area (Å²) in [5, 5.41) is 0. The molecule has 0 aromatic carbocycles. The number of aliphatic imine (C=N–C) groups is 2. The summed E-state index contributed by atoms with van der Waals surface area (Å²) in [5.41, 5.74) is 11.4. The third kappa shape index (κ3) is 4.34. The Balaban J connectivity index is 0.00000162. The van der Waals surface area contributed by atoms with Gasteiger partial charge in [-0.3, -0.25) is 0 Å². The normalized spacial score (nSPS) is 24.6. The maximum absolute atomic E-state index is 11.2. The van der Waals surface area contributed by atoms with Crippen LogP contribution in [0.1, 0.15) is 12.8 Å². The first-order valence-electron chi connectivity index (χ1n) is 5.59. The summed E-state index contributed by atoms with van der Waals surface area (Å²) in [7, 11) is -2.90. The molecule has 1 saturated heterocycles. The van der Waals surface area contributed by atoms with Crippen molar-refractivity contribution in [1.29, 1.82) is 0 Å². The van der Waals surface area contributed by atoms with Crippen molar-refractivity contribution in [3.8, 4) is 0 Å². The molecule has 2 rings (SSSR count). The minimum Gasteiger partial charge on any atom is -0.369 e. The Labute approximate surface area is 113 Å². The van der Waals surface area contributed by atoms with E-state index >= 15 is 0 Å². The van der Waals surface area contributed by atoms with Crippen molar-refractivity contribution in [1.82, 2.24) is 4.90 Å². The van der Waals surface area contributed by atoms with E-state index in [1.807, 2.05) is 0 Å². The fourth-order valence-electron chi connectivity index (χ4n) is 1.55. The molecule has 0 atom stereocenters. The van der Waals surface area contributed by atoms with Gasteiger partial charge in [0.2, 0.25) is 5.96 Å². The molecule has 7 nitrogen and oxygen atoms in total. The molecule has 0 aromatic heterocycles. The topological polar surface area (TPSA) is 114 Å². The second kappa shape index (κ2) is 5.75. The zero-order valence-corrected chi connectivity index (χ0v) is 11.6. The molecule has 1 aliphatic heterocycles. The first kappa shape index (κ1) is 15.0. The van der Waals surface area contributed by atoms with E-state index in [4.69, 9.17) is 11.5 Å². The molecule has 0 radical (unpaired) electrons. The average Bonchev–Trinajstić information content (AvgIpc) is 3.01. The van der Waals surface area contributed by atoms with E-state index < -0.39 is 9.84 Å². The van der Waals surface area contributed by atoms with Crippen molar-refractivity contribution in [3.05, 3.63) is 0 Å². The zero-order chi connectivity index (χ0) is 12.5. The molecule has 0 bridgehead atoms. The second-order valence-corrected chi connectivity index (χ2v) is 6.63. The number of halogens is 1. The van der Waals surface area contributed by atoms with Gasteiger partial charge in [-0.1, -0.05) is 0 Å². The van der Waals surface area contributed by atoms with Crippen LogP contribution in [-0.4, -0.2) is 55.9 Å². The van der Waals surface area contributed by atoms with Crippen LogP contribution >= 0.6 is 12.4 Å².